The molecule has 0 saturated heterocycles. The molecule has 174 valence electrons. The zero-order valence-corrected chi connectivity index (χ0v) is 19.5. The van der Waals surface area contributed by atoms with E-state index in [9.17, 15) is 13.2 Å². The van der Waals surface area contributed by atoms with Gasteiger partial charge in [-0.2, -0.15) is 13.2 Å². The topological polar surface area (TPSA) is 40.0 Å². The van der Waals surface area contributed by atoms with Gasteiger partial charge in [0.25, 0.3) is 0 Å². The Bertz CT molecular complexity index is 911. The van der Waals surface area contributed by atoms with E-state index in [1.807, 2.05) is 0 Å². The third-order valence-corrected chi connectivity index (χ3v) is 4.68. The minimum absolute atomic E-state index is 0.0132. The summed E-state index contributed by atoms with van der Waals surface area (Å²) in [6.07, 6.45) is -2.28. The van der Waals surface area contributed by atoms with E-state index >= 15 is 0 Å². The molecule has 0 radical (unpaired) electrons. The maximum Gasteiger partial charge on any atom is 0.437 e. The second-order valence-corrected chi connectivity index (χ2v) is 8.04. The largest absolute Gasteiger partial charge is 0.490 e. The number of hydrogen-bond donors (Lipinski definition) is 0. The van der Waals surface area contributed by atoms with Gasteiger partial charge in [0.05, 0.1) is 16.7 Å². The highest BCUT2D eigenvalue weighted by molar-refractivity contribution is 6.55. The first-order valence-electron chi connectivity index (χ1n) is 9.27. The summed E-state index contributed by atoms with van der Waals surface area (Å²) in [6.45, 7) is 0.348. The number of ether oxygens (including phenoxy) is 2. The van der Waals surface area contributed by atoms with E-state index in [0.717, 1.165) is 0 Å². The van der Waals surface area contributed by atoms with Gasteiger partial charge in [-0.3, -0.25) is 0 Å². The highest BCUT2D eigenvalue weighted by Gasteiger charge is 2.37. The van der Waals surface area contributed by atoms with Crippen LogP contribution in [0, 0.1) is 0 Å². The molecule has 0 aliphatic carbocycles. The van der Waals surface area contributed by atoms with Crippen LogP contribution >= 0.6 is 46.4 Å². The van der Waals surface area contributed by atoms with Gasteiger partial charge in [0.1, 0.15) is 23.5 Å². The first kappa shape index (κ1) is 26.5. The molecule has 0 aliphatic rings. The summed E-state index contributed by atoms with van der Waals surface area (Å²) in [5, 5.41) is 3.75. The number of nitrogens with zero attached hydrogens (tertiary/aromatic N) is 1. The molecule has 0 atom stereocenters. The van der Waals surface area contributed by atoms with E-state index in [4.69, 9.17) is 60.7 Å². The van der Waals surface area contributed by atoms with E-state index in [1.54, 1.807) is 6.07 Å². The Morgan fingerprint density at radius 2 is 1.56 bits per heavy atom. The molecule has 32 heavy (non-hydrogen) atoms. The fraction of sp³-hybridized carbons (Fsp3) is 0.286. The summed E-state index contributed by atoms with van der Waals surface area (Å²) in [5.74, 6) is 0.678. The van der Waals surface area contributed by atoms with Crippen molar-refractivity contribution < 1.29 is 27.5 Å². The van der Waals surface area contributed by atoms with E-state index in [-0.39, 0.29) is 45.7 Å². The van der Waals surface area contributed by atoms with Gasteiger partial charge in [-0.05, 0) is 18.9 Å². The van der Waals surface area contributed by atoms with Gasteiger partial charge in [-0.25, -0.2) is 0 Å². The molecule has 0 amide bonds. The van der Waals surface area contributed by atoms with Crippen LogP contribution in [0.1, 0.15) is 18.4 Å². The van der Waals surface area contributed by atoms with Gasteiger partial charge in [0, 0.05) is 17.7 Å². The number of halogens is 7. The normalized spacial score (nSPS) is 11.8. The fourth-order valence-corrected chi connectivity index (χ4v) is 3.08. The summed E-state index contributed by atoms with van der Waals surface area (Å²) >= 11 is 23.3. The lowest BCUT2D eigenvalue weighted by atomic mass is 10.1. The molecule has 2 aromatic rings. The maximum atomic E-state index is 13.2. The SMILES string of the molecule is FC(F)(F)C(=NOCCCCOc1c(Cl)cc(OCC=C(Cl)Cl)cc1Cl)c1ccccc1. The van der Waals surface area contributed by atoms with Crippen LogP contribution in [-0.2, 0) is 4.84 Å². The van der Waals surface area contributed by atoms with E-state index < -0.39 is 11.9 Å². The molecular weight excluding hydrogens is 513 g/mol. The standard InChI is InChI=1S/C21H18Cl4F3NO3/c22-16-12-15(30-11-8-18(24)25)13-17(23)19(16)31-9-4-5-10-32-29-20(21(26,27)28)14-6-2-1-3-7-14/h1-3,6-8,12-13H,4-5,9-11H2. The first-order chi connectivity index (χ1) is 15.2. The quantitative estimate of drug-likeness (QED) is 0.169. The van der Waals surface area contributed by atoms with Crippen molar-refractivity contribution >= 4 is 52.1 Å². The van der Waals surface area contributed by atoms with Crippen LogP contribution in [0.4, 0.5) is 13.2 Å². The first-order valence-corrected chi connectivity index (χ1v) is 10.8. The Hall–Kier alpha value is -1.80. The summed E-state index contributed by atoms with van der Waals surface area (Å²) < 4.78 is 50.5. The number of oxime groups is 1. The lowest BCUT2D eigenvalue weighted by Gasteiger charge is -2.12. The van der Waals surface area contributed by atoms with Crippen molar-refractivity contribution in [3.8, 4) is 11.5 Å². The van der Waals surface area contributed by atoms with E-state index in [2.05, 4.69) is 5.16 Å². The van der Waals surface area contributed by atoms with Crippen LogP contribution < -0.4 is 9.47 Å². The van der Waals surface area contributed by atoms with Crippen LogP contribution in [0.3, 0.4) is 0 Å². The number of unbranched alkanes of at least 4 members (excludes halogenated alkanes) is 1. The van der Waals surface area contributed by atoms with Crippen molar-refractivity contribution in [2.45, 2.75) is 19.0 Å². The second-order valence-electron chi connectivity index (χ2n) is 6.21. The Kier molecular flexibility index (Phi) is 10.8. The van der Waals surface area contributed by atoms with Gasteiger partial charge in [-0.1, -0.05) is 81.9 Å². The third-order valence-electron chi connectivity index (χ3n) is 3.81. The van der Waals surface area contributed by atoms with Crippen molar-refractivity contribution in [2.75, 3.05) is 19.8 Å². The number of alkyl halides is 3. The van der Waals surface area contributed by atoms with Gasteiger partial charge in [-0.15, -0.1) is 0 Å². The van der Waals surface area contributed by atoms with Gasteiger partial charge in [0.15, 0.2) is 11.5 Å². The highest BCUT2D eigenvalue weighted by Crippen LogP contribution is 2.37. The van der Waals surface area contributed by atoms with Crippen LogP contribution in [0.25, 0.3) is 0 Å². The summed E-state index contributed by atoms with van der Waals surface area (Å²) in [5.41, 5.74) is -1.15. The molecule has 4 nitrogen and oxygen atoms in total. The van der Waals surface area contributed by atoms with Crippen LogP contribution in [0.15, 0.2) is 58.2 Å². The average molecular weight is 531 g/mol. The lowest BCUT2D eigenvalue weighted by Crippen LogP contribution is -2.24. The Balaban J connectivity index is 1.80. The van der Waals surface area contributed by atoms with Crippen molar-refractivity contribution in [3.05, 3.63) is 68.6 Å². The smallest absolute Gasteiger partial charge is 0.437 e. The maximum absolute atomic E-state index is 13.2. The molecule has 0 N–H and O–H groups in total. The fourth-order valence-electron chi connectivity index (χ4n) is 2.38. The van der Waals surface area contributed by atoms with E-state index in [0.29, 0.717) is 18.6 Å². The molecule has 0 unspecified atom stereocenters. The van der Waals surface area contributed by atoms with Crippen LogP contribution in [0.2, 0.25) is 10.0 Å². The summed E-state index contributed by atoms with van der Waals surface area (Å²) in [7, 11) is 0. The Morgan fingerprint density at radius 1 is 0.938 bits per heavy atom. The molecule has 0 heterocycles. The molecular formula is C21H18Cl4F3NO3. The zero-order valence-electron chi connectivity index (χ0n) is 16.5. The Labute approximate surface area is 203 Å². The molecule has 0 spiro atoms. The van der Waals surface area contributed by atoms with Crippen molar-refractivity contribution in [3.63, 3.8) is 0 Å². The molecule has 2 rings (SSSR count). The van der Waals surface area contributed by atoms with Crippen molar-refractivity contribution in [2.24, 2.45) is 5.16 Å². The minimum Gasteiger partial charge on any atom is -0.490 e. The predicted octanol–water partition coefficient (Wildman–Crippen LogP) is 7.83. The second kappa shape index (κ2) is 13.0. The number of benzene rings is 2. The Morgan fingerprint density at radius 3 is 2.16 bits per heavy atom. The van der Waals surface area contributed by atoms with Gasteiger partial charge < -0.3 is 14.3 Å². The van der Waals surface area contributed by atoms with Gasteiger partial charge in [0.2, 0.25) is 0 Å². The average Bonchev–Trinajstić information content (AvgIpc) is 2.71. The number of hydrogen-bond acceptors (Lipinski definition) is 4. The monoisotopic (exact) mass is 529 g/mol. The summed E-state index contributed by atoms with van der Waals surface area (Å²) in [6, 6.07) is 10.3. The van der Waals surface area contributed by atoms with Crippen LogP contribution in [-0.4, -0.2) is 31.7 Å². The highest BCUT2D eigenvalue weighted by atomic mass is 35.5. The zero-order chi connectivity index (χ0) is 23.6. The molecule has 0 aliphatic heterocycles. The molecule has 0 bridgehead atoms. The number of rotatable bonds is 11. The van der Waals surface area contributed by atoms with Crippen molar-refractivity contribution in [1.29, 1.82) is 0 Å². The third kappa shape index (κ3) is 8.98. The molecule has 2 aromatic carbocycles. The molecule has 0 aromatic heterocycles. The van der Waals surface area contributed by atoms with Crippen molar-refractivity contribution in [1.82, 2.24) is 0 Å². The predicted molar refractivity (Wildman–Crippen MR) is 121 cm³/mol. The summed E-state index contributed by atoms with van der Waals surface area (Å²) in [4.78, 5) is 4.87. The minimum atomic E-state index is -4.62. The lowest BCUT2D eigenvalue weighted by molar-refractivity contribution is -0.0615. The van der Waals surface area contributed by atoms with Gasteiger partial charge >= 0.3 is 6.18 Å². The molecule has 0 fully saturated rings. The molecule has 0 saturated carbocycles. The van der Waals surface area contributed by atoms with E-state index in [1.165, 1.54) is 42.5 Å². The molecule has 11 heteroatoms. The van der Waals surface area contributed by atoms with Crippen LogP contribution in [0.5, 0.6) is 11.5 Å².